The first-order valence-electron chi connectivity index (χ1n) is 13.8. The number of carbonyl (C=O) groups is 1. The molecule has 0 N–H and O–H groups in total. The minimum Gasteiger partial charge on any atom is -0.497 e. The van der Waals surface area contributed by atoms with Crippen LogP contribution >= 0.6 is 0 Å². The SMILES string of the molecule is COc1ccc2oc(-c3cc(CN(C)C)ccc3C#[N+]C(=O)c3ccc(C#N)c(-c4cc5cc(OC)ccc5o4)c3)cc2c1. The molecular weight excluding hydrogens is 554 g/mol. The van der Waals surface area contributed by atoms with Crippen LogP contribution in [0.1, 0.15) is 27.0 Å². The summed E-state index contributed by atoms with van der Waals surface area (Å²) in [5.41, 5.74) is 4.96. The summed E-state index contributed by atoms with van der Waals surface area (Å²) < 4.78 is 22.9. The molecule has 0 fully saturated rings. The third-order valence-electron chi connectivity index (χ3n) is 7.23. The van der Waals surface area contributed by atoms with E-state index in [1.54, 1.807) is 44.6 Å². The topological polar surface area (TPSA) is 93.2 Å². The van der Waals surface area contributed by atoms with Crippen molar-refractivity contribution in [3.63, 3.8) is 0 Å². The maximum Gasteiger partial charge on any atom is 0.547 e. The second kappa shape index (κ2) is 11.8. The first-order chi connectivity index (χ1) is 21.3. The van der Waals surface area contributed by atoms with Gasteiger partial charge in [0.1, 0.15) is 45.3 Å². The minimum atomic E-state index is -0.508. The smallest absolute Gasteiger partial charge is 0.497 e. The van der Waals surface area contributed by atoms with Crippen LogP contribution in [0.4, 0.5) is 0 Å². The van der Waals surface area contributed by atoms with Gasteiger partial charge in [0.05, 0.1) is 25.9 Å². The summed E-state index contributed by atoms with van der Waals surface area (Å²) in [4.78, 5) is 19.6. The third-order valence-corrected chi connectivity index (χ3v) is 7.23. The van der Waals surface area contributed by atoms with Gasteiger partial charge in [0, 0.05) is 33.3 Å². The van der Waals surface area contributed by atoms with Gasteiger partial charge in [-0.3, -0.25) is 0 Å². The van der Waals surface area contributed by atoms with E-state index >= 15 is 0 Å². The number of furan rings is 2. The Morgan fingerprint density at radius 2 is 1.36 bits per heavy atom. The van der Waals surface area contributed by atoms with Gasteiger partial charge in [-0.2, -0.15) is 10.1 Å². The number of rotatable bonds is 7. The van der Waals surface area contributed by atoms with Crippen molar-refractivity contribution in [1.82, 2.24) is 4.90 Å². The van der Waals surface area contributed by atoms with E-state index in [9.17, 15) is 10.1 Å². The maximum absolute atomic E-state index is 13.3. The lowest BCUT2D eigenvalue weighted by molar-refractivity contribution is 0.104. The molecule has 0 saturated carbocycles. The fourth-order valence-corrected chi connectivity index (χ4v) is 5.07. The van der Waals surface area contributed by atoms with Crippen molar-refractivity contribution in [1.29, 1.82) is 5.26 Å². The molecule has 0 aliphatic rings. The first kappa shape index (κ1) is 28.3. The molecule has 0 unspecified atom stereocenters. The van der Waals surface area contributed by atoms with Crippen LogP contribution < -0.4 is 9.47 Å². The Hall–Kier alpha value is -5.83. The number of benzene rings is 4. The van der Waals surface area contributed by atoms with Gasteiger partial charge in [-0.1, -0.05) is 6.07 Å². The quantitative estimate of drug-likeness (QED) is 0.188. The number of fused-ring (bicyclic) bond motifs is 2. The van der Waals surface area contributed by atoms with Gasteiger partial charge in [-0.25, -0.2) is 0 Å². The zero-order valence-electron chi connectivity index (χ0n) is 24.7. The molecule has 4 aromatic carbocycles. The van der Waals surface area contributed by atoms with Crippen molar-refractivity contribution in [2.45, 2.75) is 6.54 Å². The predicted octanol–water partition coefficient (Wildman–Crippen LogP) is 7.98. The molecule has 0 aliphatic heterocycles. The number of methoxy groups -OCH3 is 2. The Labute approximate surface area is 254 Å². The average Bonchev–Trinajstić information content (AvgIpc) is 3.66. The molecule has 0 bridgehead atoms. The van der Waals surface area contributed by atoms with Gasteiger partial charge >= 0.3 is 12.0 Å². The van der Waals surface area contributed by atoms with Crippen molar-refractivity contribution < 1.29 is 23.1 Å². The van der Waals surface area contributed by atoms with Crippen LogP contribution in [0.15, 0.2) is 93.8 Å². The van der Waals surface area contributed by atoms with Crippen molar-refractivity contribution >= 4 is 27.8 Å². The van der Waals surface area contributed by atoms with Gasteiger partial charge in [-0.15, -0.1) is 0 Å². The minimum absolute atomic E-state index is 0.297. The number of nitriles is 1. The van der Waals surface area contributed by atoms with Gasteiger partial charge in [0.2, 0.25) is 0 Å². The molecule has 44 heavy (non-hydrogen) atoms. The van der Waals surface area contributed by atoms with Crippen molar-refractivity contribution in [2.24, 2.45) is 0 Å². The van der Waals surface area contributed by atoms with Crippen LogP contribution in [-0.2, 0) is 6.54 Å². The molecule has 1 amide bonds. The average molecular weight is 583 g/mol. The second-order valence-electron chi connectivity index (χ2n) is 10.5. The summed E-state index contributed by atoms with van der Waals surface area (Å²) >= 11 is 0. The van der Waals surface area contributed by atoms with Crippen LogP contribution in [0.2, 0.25) is 0 Å². The van der Waals surface area contributed by atoms with Gasteiger partial charge in [0.25, 0.3) is 0 Å². The lowest BCUT2D eigenvalue weighted by atomic mass is 10.0. The third kappa shape index (κ3) is 5.63. The van der Waals surface area contributed by atoms with Crippen molar-refractivity contribution in [3.05, 3.63) is 112 Å². The van der Waals surface area contributed by atoms with Gasteiger partial charge < -0.3 is 23.2 Å². The highest BCUT2D eigenvalue weighted by atomic mass is 16.5. The van der Waals surface area contributed by atoms with E-state index in [-0.39, 0.29) is 0 Å². The van der Waals surface area contributed by atoms with Crippen LogP contribution in [0.3, 0.4) is 0 Å². The molecule has 8 nitrogen and oxygen atoms in total. The molecular formula is C36H28N3O5+. The van der Waals surface area contributed by atoms with E-state index in [2.05, 4.69) is 21.9 Å². The number of hydrogen-bond donors (Lipinski definition) is 0. The molecule has 0 radical (unpaired) electrons. The summed E-state index contributed by atoms with van der Waals surface area (Å²) in [5.74, 6) is 2.00. The molecule has 216 valence electrons. The summed E-state index contributed by atoms with van der Waals surface area (Å²) in [6.45, 7) is 0.722. The zero-order valence-corrected chi connectivity index (χ0v) is 24.7. The van der Waals surface area contributed by atoms with Crippen molar-refractivity contribution in [2.75, 3.05) is 28.3 Å². The van der Waals surface area contributed by atoms with E-state index in [1.165, 1.54) is 0 Å². The molecule has 0 saturated heterocycles. The molecule has 6 rings (SSSR count). The molecule has 6 aromatic rings. The van der Waals surface area contributed by atoms with Crippen LogP contribution in [-0.4, -0.2) is 39.1 Å². The normalized spacial score (nSPS) is 10.9. The molecule has 0 aliphatic carbocycles. The first-order valence-corrected chi connectivity index (χ1v) is 13.8. The zero-order chi connectivity index (χ0) is 30.8. The summed E-state index contributed by atoms with van der Waals surface area (Å²) in [6, 6.07) is 30.6. The molecule has 2 aromatic heterocycles. The highest BCUT2D eigenvalue weighted by molar-refractivity contribution is 6.04. The Balaban J connectivity index is 1.37. The fraction of sp³-hybridized carbons (Fsp3) is 0.139. The van der Waals surface area contributed by atoms with E-state index in [0.29, 0.717) is 50.7 Å². The molecule has 2 heterocycles. The van der Waals surface area contributed by atoms with E-state index < -0.39 is 5.91 Å². The lowest BCUT2D eigenvalue weighted by Crippen LogP contribution is -2.10. The van der Waals surface area contributed by atoms with Crippen LogP contribution in [0.25, 0.3) is 49.4 Å². The van der Waals surface area contributed by atoms with Crippen LogP contribution in [0, 0.1) is 17.4 Å². The molecule has 0 spiro atoms. The standard InChI is InChI=1S/C36H28N3O5/c1-39(2)21-22-5-6-25(30(13-22)34-17-26-14-28(41-3)9-11-32(26)43-34)20-38-36(40)23-7-8-24(19-37)31(16-23)35-18-27-15-29(42-4)10-12-33(27)44-35/h5-18H,21H2,1-4H3/q+1. The summed E-state index contributed by atoms with van der Waals surface area (Å²) in [6.07, 6.45) is 0. The highest BCUT2D eigenvalue weighted by Gasteiger charge is 2.22. The van der Waals surface area contributed by atoms with Gasteiger partial charge in [0.15, 0.2) is 0 Å². The van der Waals surface area contributed by atoms with E-state index in [1.807, 2.05) is 68.7 Å². The molecule has 0 atom stereocenters. The number of carbonyl (C=O) groups excluding carboxylic acids is 1. The fourth-order valence-electron chi connectivity index (χ4n) is 5.07. The Bertz CT molecular complexity index is 2150. The predicted molar refractivity (Wildman–Crippen MR) is 169 cm³/mol. The second-order valence-corrected chi connectivity index (χ2v) is 10.5. The largest absolute Gasteiger partial charge is 0.547 e. The van der Waals surface area contributed by atoms with E-state index in [0.717, 1.165) is 34.2 Å². The van der Waals surface area contributed by atoms with Gasteiger partial charge in [-0.05, 0) is 98.5 Å². The summed E-state index contributed by atoms with van der Waals surface area (Å²) in [5, 5.41) is 11.5. The monoisotopic (exact) mass is 582 g/mol. The highest BCUT2D eigenvalue weighted by Crippen LogP contribution is 2.34. The lowest BCUT2D eigenvalue weighted by Gasteiger charge is -2.10. The summed E-state index contributed by atoms with van der Waals surface area (Å²) in [7, 11) is 7.22. The number of amides is 1. The van der Waals surface area contributed by atoms with Crippen molar-refractivity contribution in [3.8, 4) is 46.3 Å². The van der Waals surface area contributed by atoms with E-state index in [4.69, 9.17) is 18.3 Å². The maximum atomic E-state index is 13.3. The number of ether oxygens (including phenoxy) is 2. The number of hydrogen-bond acceptors (Lipinski definition) is 7. The number of nitrogens with zero attached hydrogens (tertiary/aromatic N) is 3. The molecule has 8 heteroatoms. The Kier molecular flexibility index (Phi) is 7.59. The Morgan fingerprint density at radius 1 is 0.773 bits per heavy atom. The van der Waals surface area contributed by atoms with Crippen LogP contribution in [0.5, 0.6) is 11.5 Å². The Morgan fingerprint density at radius 3 is 1.93 bits per heavy atom.